The molecule has 1 amide bonds. The summed E-state index contributed by atoms with van der Waals surface area (Å²) in [5.74, 6) is 1.41. The van der Waals surface area contributed by atoms with Gasteiger partial charge in [-0.25, -0.2) is 0 Å². The number of fused-ring (bicyclic) bond motifs is 1. The highest BCUT2D eigenvalue weighted by atomic mass is 16.5. The molecule has 0 spiro atoms. The molecule has 4 heteroatoms. The summed E-state index contributed by atoms with van der Waals surface area (Å²) in [6.07, 6.45) is 9.13. The summed E-state index contributed by atoms with van der Waals surface area (Å²) in [5, 5.41) is 4.36. The average Bonchev–Trinajstić information content (AvgIpc) is 3.39. The molecule has 4 nitrogen and oxygen atoms in total. The van der Waals surface area contributed by atoms with Crippen molar-refractivity contribution >= 4 is 16.8 Å². The van der Waals surface area contributed by atoms with E-state index in [-0.39, 0.29) is 11.8 Å². The van der Waals surface area contributed by atoms with Gasteiger partial charge in [-0.1, -0.05) is 42.5 Å². The van der Waals surface area contributed by atoms with Crippen LogP contribution in [0.5, 0.6) is 5.75 Å². The van der Waals surface area contributed by atoms with E-state index in [2.05, 4.69) is 59.0 Å². The van der Waals surface area contributed by atoms with Crippen molar-refractivity contribution in [1.82, 2.24) is 10.3 Å². The van der Waals surface area contributed by atoms with Gasteiger partial charge in [-0.15, -0.1) is 0 Å². The number of methoxy groups -OCH3 is 1. The Hall–Kier alpha value is -3.01. The lowest BCUT2D eigenvalue weighted by molar-refractivity contribution is -0.121. The number of nitrogens with one attached hydrogen (secondary N) is 2. The van der Waals surface area contributed by atoms with Gasteiger partial charge in [0.15, 0.2) is 0 Å². The minimum atomic E-state index is 0.0742. The third kappa shape index (κ3) is 3.96. The Bertz CT molecular complexity index is 972. The molecule has 0 aliphatic heterocycles. The zero-order valence-corrected chi connectivity index (χ0v) is 16.2. The molecular formula is C24H26N2O2. The van der Waals surface area contributed by atoms with Crippen LogP contribution >= 0.6 is 0 Å². The van der Waals surface area contributed by atoms with E-state index < -0.39 is 0 Å². The summed E-state index contributed by atoms with van der Waals surface area (Å²) in [4.78, 5) is 15.9. The smallest absolute Gasteiger partial charge is 0.220 e. The van der Waals surface area contributed by atoms with E-state index in [1.807, 2.05) is 18.2 Å². The number of allylic oxidation sites excluding steroid dienone is 2. The first-order valence-corrected chi connectivity index (χ1v) is 9.88. The molecular weight excluding hydrogens is 348 g/mol. The zero-order valence-electron chi connectivity index (χ0n) is 16.2. The Morgan fingerprint density at radius 2 is 2.04 bits per heavy atom. The summed E-state index contributed by atoms with van der Waals surface area (Å²) < 4.78 is 5.30. The molecule has 144 valence electrons. The van der Waals surface area contributed by atoms with Crippen molar-refractivity contribution in [2.75, 3.05) is 13.7 Å². The maximum absolute atomic E-state index is 12.5. The number of ether oxygens (including phenoxy) is 1. The molecule has 28 heavy (non-hydrogen) atoms. The van der Waals surface area contributed by atoms with Crippen molar-refractivity contribution in [3.05, 3.63) is 78.0 Å². The fraction of sp³-hybridized carbons (Fsp3) is 0.292. The number of H-pyrrole nitrogens is 1. The van der Waals surface area contributed by atoms with E-state index in [9.17, 15) is 4.79 Å². The summed E-state index contributed by atoms with van der Waals surface area (Å²) in [6.45, 7) is 0.573. The second-order valence-corrected chi connectivity index (χ2v) is 7.39. The first-order valence-electron chi connectivity index (χ1n) is 9.88. The normalized spacial score (nSPS) is 17.0. The molecule has 0 saturated carbocycles. The molecule has 0 fully saturated rings. The second-order valence-electron chi connectivity index (χ2n) is 7.39. The summed E-state index contributed by atoms with van der Waals surface area (Å²) in [6, 6.07) is 16.4. The molecule has 1 heterocycles. The molecule has 2 atom stereocenters. The fourth-order valence-corrected chi connectivity index (χ4v) is 4.02. The van der Waals surface area contributed by atoms with Crippen molar-refractivity contribution in [2.24, 2.45) is 5.92 Å². The second kappa shape index (κ2) is 8.34. The highest BCUT2D eigenvalue weighted by molar-refractivity contribution is 5.84. The van der Waals surface area contributed by atoms with Gasteiger partial charge in [0.2, 0.25) is 5.91 Å². The van der Waals surface area contributed by atoms with Crippen LogP contribution in [0.4, 0.5) is 0 Å². The largest absolute Gasteiger partial charge is 0.497 e. The van der Waals surface area contributed by atoms with Crippen LogP contribution < -0.4 is 10.1 Å². The van der Waals surface area contributed by atoms with Gasteiger partial charge >= 0.3 is 0 Å². The third-order valence-corrected chi connectivity index (χ3v) is 5.58. The molecule has 1 aromatic heterocycles. The minimum absolute atomic E-state index is 0.0742. The van der Waals surface area contributed by atoms with Crippen LogP contribution in [0.3, 0.4) is 0 Å². The number of carbonyl (C=O) groups is 1. The predicted octanol–water partition coefficient (Wildman–Crippen LogP) is 4.78. The number of hydrogen-bond donors (Lipinski definition) is 2. The first-order chi connectivity index (χ1) is 13.7. The lowest BCUT2D eigenvalue weighted by atomic mass is 9.90. The van der Waals surface area contributed by atoms with E-state index in [0.717, 1.165) is 29.7 Å². The molecule has 0 saturated heterocycles. The number of hydrogen-bond acceptors (Lipinski definition) is 2. The Kier molecular flexibility index (Phi) is 5.47. The number of aromatic nitrogens is 1. The zero-order chi connectivity index (χ0) is 19.3. The van der Waals surface area contributed by atoms with E-state index in [1.54, 1.807) is 7.11 Å². The number of benzene rings is 2. The van der Waals surface area contributed by atoms with Crippen LogP contribution in [-0.4, -0.2) is 24.5 Å². The number of para-hydroxylation sites is 1. The topological polar surface area (TPSA) is 54.1 Å². The molecule has 0 bridgehead atoms. The Morgan fingerprint density at radius 3 is 2.79 bits per heavy atom. The number of amides is 1. The van der Waals surface area contributed by atoms with Crippen LogP contribution in [0.2, 0.25) is 0 Å². The van der Waals surface area contributed by atoms with Crippen molar-refractivity contribution in [2.45, 2.75) is 25.2 Å². The van der Waals surface area contributed by atoms with Gasteiger partial charge in [0.1, 0.15) is 5.75 Å². The maximum atomic E-state index is 12.5. The van der Waals surface area contributed by atoms with Gasteiger partial charge in [0, 0.05) is 36.0 Å². The lowest BCUT2D eigenvalue weighted by Gasteiger charge is -2.19. The molecule has 0 radical (unpaired) electrons. The number of carbonyl (C=O) groups excluding carboxylic acids is 1. The monoisotopic (exact) mass is 374 g/mol. The van der Waals surface area contributed by atoms with Crippen LogP contribution in [0.25, 0.3) is 10.9 Å². The Balaban J connectivity index is 1.57. The van der Waals surface area contributed by atoms with Gasteiger partial charge in [-0.05, 0) is 48.1 Å². The lowest BCUT2D eigenvalue weighted by Crippen LogP contribution is -2.29. The molecule has 2 unspecified atom stereocenters. The average molecular weight is 374 g/mol. The van der Waals surface area contributed by atoms with Gasteiger partial charge in [-0.3, -0.25) is 4.79 Å². The first kappa shape index (κ1) is 18.4. The van der Waals surface area contributed by atoms with Gasteiger partial charge in [0.05, 0.1) is 7.11 Å². The summed E-state index contributed by atoms with van der Waals surface area (Å²) >= 11 is 0. The highest BCUT2D eigenvalue weighted by Gasteiger charge is 2.20. The SMILES string of the molecule is COc1ccc(C(CNC(=O)CC2C=CCC2)c2c[nH]c3ccccc23)cc1. The van der Waals surface area contributed by atoms with E-state index >= 15 is 0 Å². The quantitative estimate of drug-likeness (QED) is 0.585. The molecule has 1 aliphatic carbocycles. The predicted molar refractivity (Wildman–Crippen MR) is 113 cm³/mol. The minimum Gasteiger partial charge on any atom is -0.497 e. The fourth-order valence-electron chi connectivity index (χ4n) is 4.02. The van der Waals surface area contributed by atoms with Crippen molar-refractivity contribution < 1.29 is 9.53 Å². The van der Waals surface area contributed by atoms with Gasteiger partial charge < -0.3 is 15.0 Å². The van der Waals surface area contributed by atoms with Crippen molar-refractivity contribution in [3.8, 4) is 5.75 Å². The van der Waals surface area contributed by atoms with Gasteiger partial charge in [-0.2, -0.15) is 0 Å². The van der Waals surface area contributed by atoms with E-state index in [0.29, 0.717) is 18.9 Å². The van der Waals surface area contributed by atoms with Crippen LogP contribution in [0.15, 0.2) is 66.9 Å². The summed E-state index contributed by atoms with van der Waals surface area (Å²) in [5.41, 5.74) is 3.46. The summed E-state index contributed by atoms with van der Waals surface area (Å²) in [7, 11) is 1.67. The van der Waals surface area contributed by atoms with Gasteiger partial charge in [0.25, 0.3) is 0 Å². The number of rotatable bonds is 7. The Labute approximate surface area is 165 Å². The van der Waals surface area contributed by atoms with Crippen LogP contribution in [-0.2, 0) is 4.79 Å². The third-order valence-electron chi connectivity index (χ3n) is 5.58. The van der Waals surface area contributed by atoms with Crippen LogP contribution in [0, 0.1) is 5.92 Å². The van der Waals surface area contributed by atoms with Crippen molar-refractivity contribution in [1.29, 1.82) is 0 Å². The van der Waals surface area contributed by atoms with E-state index in [4.69, 9.17) is 4.74 Å². The standard InChI is InChI=1S/C24H26N2O2/c1-28-19-12-10-18(11-13-19)21(15-26-24(27)14-17-6-2-3-7-17)22-16-25-23-9-5-4-8-20(22)23/h2,4-6,8-13,16-17,21,25H,3,7,14-15H2,1H3,(H,26,27). The van der Waals surface area contributed by atoms with E-state index in [1.165, 1.54) is 10.9 Å². The molecule has 4 rings (SSSR count). The number of aromatic amines is 1. The molecule has 2 N–H and O–H groups in total. The molecule has 2 aromatic carbocycles. The maximum Gasteiger partial charge on any atom is 0.220 e. The van der Waals surface area contributed by atoms with Crippen molar-refractivity contribution in [3.63, 3.8) is 0 Å². The molecule has 1 aliphatic rings. The highest BCUT2D eigenvalue weighted by Crippen LogP contribution is 2.31. The Morgan fingerprint density at radius 1 is 1.21 bits per heavy atom. The van der Waals surface area contributed by atoms with Crippen LogP contribution in [0.1, 0.15) is 36.3 Å². The molecule has 3 aromatic rings.